The normalized spacial score (nSPS) is 10.5. The Kier molecular flexibility index (Phi) is 3.63. The molecule has 2 aromatic heterocycles. The monoisotopic (exact) mass is 297 g/mol. The van der Waals surface area contributed by atoms with E-state index in [1.807, 2.05) is 6.07 Å². The summed E-state index contributed by atoms with van der Waals surface area (Å²) < 4.78 is 5.66. The Labute approximate surface area is 107 Å². The highest BCUT2D eigenvalue weighted by Crippen LogP contribution is 2.15. The second-order valence-electron chi connectivity index (χ2n) is 3.59. The number of H-pyrrole nitrogens is 1. The number of nitrogens with one attached hydrogen (secondary N) is 2. The predicted molar refractivity (Wildman–Crippen MR) is 66.9 cm³/mol. The number of amides is 1. The van der Waals surface area contributed by atoms with Gasteiger partial charge in [-0.05, 0) is 34.5 Å². The van der Waals surface area contributed by atoms with E-state index < -0.39 is 0 Å². The number of furan rings is 1. The van der Waals surface area contributed by atoms with Crippen molar-refractivity contribution in [3.63, 3.8) is 0 Å². The minimum absolute atomic E-state index is 0.247. The molecule has 1 amide bonds. The molecular weight excluding hydrogens is 286 g/mol. The third kappa shape index (κ3) is 2.97. The molecule has 2 rings (SSSR count). The quantitative estimate of drug-likeness (QED) is 0.911. The minimum atomic E-state index is -0.315. The van der Waals surface area contributed by atoms with Gasteiger partial charge in [0.1, 0.15) is 0 Å². The lowest BCUT2D eigenvalue weighted by Gasteiger charge is -1.96. The lowest BCUT2D eigenvalue weighted by Crippen LogP contribution is -2.10. The van der Waals surface area contributed by atoms with Crippen molar-refractivity contribution in [2.24, 2.45) is 0 Å². The number of rotatable bonds is 4. The SMILES string of the molecule is CCCc1cc(NC(=O)c2ccc(Br)o2)n[nH]1. The molecule has 0 spiro atoms. The summed E-state index contributed by atoms with van der Waals surface area (Å²) in [6.45, 7) is 2.08. The summed E-state index contributed by atoms with van der Waals surface area (Å²) >= 11 is 3.14. The number of aromatic amines is 1. The fourth-order valence-corrected chi connectivity index (χ4v) is 1.74. The van der Waals surface area contributed by atoms with Crippen LogP contribution >= 0.6 is 15.9 Å². The van der Waals surface area contributed by atoms with Crippen molar-refractivity contribution in [3.8, 4) is 0 Å². The maximum atomic E-state index is 11.7. The van der Waals surface area contributed by atoms with Crippen LogP contribution < -0.4 is 5.32 Å². The lowest BCUT2D eigenvalue weighted by atomic mass is 10.2. The Bertz CT molecular complexity index is 518. The standard InChI is InChI=1S/C11H12BrN3O2/c1-2-3-7-6-10(15-14-7)13-11(16)8-4-5-9(12)17-8/h4-6H,2-3H2,1H3,(H2,13,14,15,16). The smallest absolute Gasteiger partial charge is 0.292 e. The van der Waals surface area contributed by atoms with Gasteiger partial charge >= 0.3 is 0 Å². The van der Waals surface area contributed by atoms with Gasteiger partial charge in [-0.3, -0.25) is 9.89 Å². The van der Waals surface area contributed by atoms with E-state index in [-0.39, 0.29) is 11.7 Å². The van der Waals surface area contributed by atoms with Gasteiger partial charge in [0.15, 0.2) is 16.2 Å². The molecule has 0 saturated heterocycles. The summed E-state index contributed by atoms with van der Waals surface area (Å²) in [6.07, 6.45) is 1.94. The molecular formula is C11H12BrN3O2. The van der Waals surface area contributed by atoms with Gasteiger partial charge in [-0.1, -0.05) is 13.3 Å². The first kappa shape index (κ1) is 11.9. The van der Waals surface area contributed by atoms with Crippen molar-refractivity contribution in [1.29, 1.82) is 0 Å². The third-order valence-corrected chi connectivity index (χ3v) is 2.62. The topological polar surface area (TPSA) is 70.9 Å². The summed E-state index contributed by atoms with van der Waals surface area (Å²) in [4.78, 5) is 11.7. The average molecular weight is 298 g/mol. The Hall–Kier alpha value is -1.56. The number of aromatic nitrogens is 2. The van der Waals surface area contributed by atoms with Gasteiger partial charge in [0.25, 0.3) is 5.91 Å². The third-order valence-electron chi connectivity index (χ3n) is 2.19. The molecule has 0 aliphatic rings. The van der Waals surface area contributed by atoms with Crippen molar-refractivity contribution >= 4 is 27.7 Å². The van der Waals surface area contributed by atoms with Crippen LogP contribution in [0.4, 0.5) is 5.82 Å². The van der Waals surface area contributed by atoms with Crippen LogP contribution in [0.3, 0.4) is 0 Å². The fourth-order valence-electron chi connectivity index (χ4n) is 1.44. The van der Waals surface area contributed by atoms with Crippen molar-refractivity contribution in [2.45, 2.75) is 19.8 Å². The van der Waals surface area contributed by atoms with E-state index in [4.69, 9.17) is 4.42 Å². The van der Waals surface area contributed by atoms with E-state index in [0.717, 1.165) is 18.5 Å². The number of hydrogen-bond acceptors (Lipinski definition) is 3. The van der Waals surface area contributed by atoms with E-state index in [0.29, 0.717) is 10.5 Å². The maximum absolute atomic E-state index is 11.7. The summed E-state index contributed by atoms with van der Waals surface area (Å²) in [5.41, 5.74) is 1.00. The van der Waals surface area contributed by atoms with Gasteiger partial charge in [0, 0.05) is 11.8 Å². The average Bonchev–Trinajstić information content (AvgIpc) is 2.88. The number of carbonyl (C=O) groups excluding carboxylic acids is 1. The van der Waals surface area contributed by atoms with E-state index in [1.165, 1.54) is 0 Å². The molecule has 2 heterocycles. The molecule has 5 nitrogen and oxygen atoms in total. The number of hydrogen-bond donors (Lipinski definition) is 2. The van der Waals surface area contributed by atoms with Crippen LogP contribution in [0.2, 0.25) is 0 Å². The maximum Gasteiger partial charge on any atom is 0.292 e. The van der Waals surface area contributed by atoms with Crippen LogP contribution in [0.25, 0.3) is 0 Å². The zero-order valence-electron chi connectivity index (χ0n) is 9.29. The Morgan fingerprint density at radius 2 is 2.41 bits per heavy atom. The highest BCUT2D eigenvalue weighted by atomic mass is 79.9. The van der Waals surface area contributed by atoms with Crippen molar-refractivity contribution in [2.75, 3.05) is 5.32 Å². The van der Waals surface area contributed by atoms with Gasteiger partial charge in [-0.25, -0.2) is 0 Å². The summed E-state index contributed by atoms with van der Waals surface area (Å²) in [5, 5.41) is 9.52. The van der Waals surface area contributed by atoms with Crippen LogP contribution in [0.5, 0.6) is 0 Å². The summed E-state index contributed by atoms with van der Waals surface area (Å²) in [5.74, 6) is 0.438. The molecule has 0 aromatic carbocycles. The van der Waals surface area contributed by atoms with Crippen LogP contribution in [0.1, 0.15) is 29.6 Å². The zero-order valence-corrected chi connectivity index (χ0v) is 10.9. The van der Waals surface area contributed by atoms with E-state index in [9.17, 15) is 4.79 Å². The number of aryl methyl sites for hydroxylation is 1. The Balaban J connectivity index is 2.02. The van der Waals surface area contributed by atoms with Gasteiger partial charge in [0.2, 0.25) is 0 Å². The van der Waals surface area contributed by atoms with Crippen LogP contribution in [-0.4, -0.2) is 16.1 Å². The predicted octanol–water partition coefficient (Wildman–Crippen LogP) is 2.97. The zero-order chi connectivity index (χ0) is 12.3. The Morgan fingerprint density at radius 1 is 1.59 bits per heavy atom. The largest absolute Gasteiger partial charge is 0.444 e. The molecule has 0 bridgehead atoms. The Morgan fingerprint density at radius 3 is 3.06 bits per heavy atom. The molecule has 0 atom stereocenters. The molecule has 0 aliphatic heterocycles. The first-order valence-electron chi connectivity index (χ1n) is 5.30. The number of halogens is 1. The molecule has 90 valence electrons. The number of anilines is 1. The van der Waals surface area contributed by atoms with E-state index in [1.54, 1.807) is 12.1 Å². The highest BCUT2D eigenvalue weighted by Gasteiger charge is 2.12. The molecule has 6 heteroatoms. The van der Waals surface area contributed by atoms with E-state index in [2.05, 4.69) is 38.4 Å². The molecule has 2 N–H and O–H groups in total. The molecule has 0 unspecified atom stereocenters. The van der Waals surface area contributed by atoms with Gasteiger partial charge in [-0.15, -0.1) is 0 Å². The van der Waals surface area contributed by atoms with Crippen molar-refractivity contribution in [3.05, 3.63) is 34.3 Å². The molecule has 0 saturated carbocycles. The summed E-state index contributed by atoms with van der Waals surface area (Å²) in [7, 11) is 0. The number of carbonyl (C=O) groups is 1. The first-order chi connectivity index (χ1) is 8.19. The van der Waals surface area contributed by atoms with Crippen molar-refractivity contribution < 1.29 is 9.21 Å². The second kappa shape index (κ2) is 5.18. The second-order valence-corrected chi connectivity index (χ2v) is 4.37. The van der Waals surface area contributed by atoms with Crippen molar-refractivity contribution in [1.82, 2.24) is 10.2 Å². The summed E-state index contributed by atoms with van der Waals surface area (Å²) in [6, 6.07) is 5.08. The van der Waals surface area contributed by atoms with Crippen LogP contribution in [0, 0.1) is 0 Å². The molecule has 17 heavy (non-hydrogen) atoms. The minimum Gasteiger partial charge on any atom is -0.444 e. The van der Waals surface area contributed by atoms with E-state index >= 15 is 0 Å². The lowest BCUT2D eigenvalue weighted by molar-refractivity contribution is 0.0995. The highest BCUT2D eigenvalue weighted by molar-refractivity contribution is 9.10. The number of nitrogens with zero attached hydrogens (tertiary/aromatic N) is 1. The molecule has 0 aliphatic carbocycles. The van der Waals surface area contributed by atoms with Gasteiger partial charge in [-0.2, -0.15) is 5.10 Å². The molecule has 2 aromatic rings. The van der Waals surface area contributed by atoms with Gasteiger partial charge < -0.3 is 9.73 Å². The molecule has 0 radical (unpaired) electrons. The molecule has 0 fully saturated rings. The van der Waals surface area contributed by atoms with Crippen LogP contribution in [0.15, 0.2) is 27.3 Å². The van der Waals surface area contributed by atoms with Gasteiger partial charge in [0.05, 0.1) is 0 Å². The van der Waals surface area contributed by atoms with Crippen LogP contribution in [-0.2, 0) is 6.42 Å². The first-order valence-corrected chi connectivity index (χ1v) is 6.09. The fraction of sp³-hybridized carbons (Fsp3) is 0.273.